The zero-order valence-corrected chi connectivity index (χ0v) is 37.4. The third-order valence-electron chi connectivity index (χ3n) is 9.00. The molecule has 0 fully saturated rings. The summed E-state index contributed by atoms with van der Waals surface area (Å²) >= 11 is -0.447. The first-order valence-electron chi connectivity index (χ1n) is 18.4. The Morgan fingerprint density at radius 2 is 0.623 bits per heavy atom. The van der Waals surface area contributed by atoms with Gasteiger partial charge in [0.2, 0.25) is 0 Å². The molecule has 0 N–H and O–H groups in total. The van der Waals surface area contributed by atoms with E-state index in [0.717, 1.165) is 56.3 Å². The number of hydrogen-bond donors (Lipinski definition) is 0. The molecule has 0 saturated carbocycles. The fourth-order valence-corrected chi connectivity index (χ4v) is 13.3. The van der Waals surface area contributed by atoms with Crippen LogP contribution in [0.2, 0.25) is 13.4 Å². The molecule has 0 aliphatic carbocycles. The van der Waals surface area contributed by atoms with Crippen LogP contribution in [0, 0.1) is 0 Å². The third-order valence-corrected chi connectivity index (χ3v) is 18.4. The number of rotatable bonds is 21. The molecule has 0 aromatic heterocycles. The van der Waals surface area contributed by atoms with Gasteiger partial charge in [-0.15, -0.1) is 0 Å². The van der Waals surface area contributed by atoms with E-state index in [1.165, 1.54) is 40.9 Å². The van der Waals surface area contributed by atoms with Crippen molar-refractivity contribution in [3.8, 4) is 17.2 Å². The van der Waals surface area contributed by atoms with Gasteiger partial charge in [0.15, 0.2) is 0 Å². The molecule has 6 aromatic rings. The molecular formula is C47H48O3Te3. The van der Waals surface area contributed by atoms with Gasteiger partial charge in [0.25, 0.3) is 0 Å². The van der Waals surface area contributed by atoms with E-state index >= 15 is 0 Å². The Hall–Kier alpha value is -2.91. The van der Waals surface area contributed by atoms with E-state index in [1.807, 2.05) is 0 Å². The van der Waals surface area contributed by atoms with Gasteiger partial charge >= 0.3 is 350 Å². The Bertz CT molecular complexity index is 1660. The summed E-state index contributed by atoms with van der Waals surface area (Å²) in [5.74, 6) is 2.78. The summed E-state index contributed by atoms with van der Waals surface area (Å²) in [5.41, 5.74) is 3.29. The van der Waals surface area contributed by atoms with Crippen molar-refractivity contribution in [1.82, 2.24) is 0 Å². The molecular weight excluding hydrogens is 995 g/mol. The second kappa shape index (κ2) is 21.8. The summed E-state index contributed by atoms with van der Waals surface area (Å²) in [6, 6.07) is 58.8. The van der Waals surface area contributed by atoms with Gasteiger partial charge in [0, 0.05) is 0 Å². The van der Waals surface area contributed by atoms with E-state index in [-0.39, 0.29) is 68.2 Å². The van der Waals surface area contributed by atoms with Crippen molar-refractivity contribution >= 4 is 73.6 Å². The second-order valence-electron chi connectivity index (χ2n) is 12.8. The normalized spacial score (nSPS) is 11.3. The van der Waals surface area contributed by atoms with Crippen molar-refractivity contribution in [1.29, 1.82) is 0 Å². The molecule has 6 heteroatoms. The van der Waals surface area contributed by atoms with Gasteiger partial charge in [-0.25, -0.2) is 0 Å². The van der Waals surface area contributed by atoms with Gasteiger partial charge in [0.1, 0.15) is 0 Å². The zero-order valence-electron chi connectivity index (χ0n) is 30.4. The molecule has 0 atom stereocenters. The number of benzene rings is 6. The molecule has 0 heterocycles. The molecule has 0 bridgehead atoms. The molecule has 0 aliphatic rings. The van der Waals surface area contributed by atoms with Crippen LogP contribution in [0.1, 0.15) is 42.9 Å². The second-order valence-corrected chi connectivity index (χ2v) is 22.8. The van der Waals surface area contributed by atoms with Gasteiger partial charge < -0.3 is 0 Å². The fourth-order valence-electron chi connectivity index (χ4n) is 6.02. The Balaban J connectivity index is 1.08. The van der Waals surface area contributed by atoms with Crippen molar-refractivity contribution in [2.24, 2.45) is 0 Å². The van der Waals surface area contributed by atoms with E-state index in [0.29, 0.717) is 0 Å². The average molecular weight is 1040 g/mol. The minimum atomic E-state index is -0.377. The molecule has 6 aromatic carbocycles. The fraction of sp³-hybridized carbons (Fsp3) is 0.234. The predicted octanol–water partition coefficient (Wildman–Crippen LogP) is 8.69. The van der Waals surface area contributed by atoms with Crippen molar-refractivity contribution in [2.75, 3.05) is 19.8 Å². The molecule has 0 spiro atoms. The molecule has 0 aliphatic heterocycles. The first-order chi connectivity index (χ1) is 26.2. The summed E-state index contributed by atoms with van der Waals surface area (Å²) in [7, 11) is 0. The van der Waals surface area contributed by atoms with Crippen LogP contribution in [0.15, 0.2) is 164 Å². The number of hydrogen-bond acceptors (Lipinski definition) is 3. The van der Waals surface area contributed by atoms with Crippen LogP contribution in [0.5, 0.6) is 17.2 Å². The monoisotopic (exact) mass is 1050 g/mol. The van der Waals surface area contributed by atoms with E-state index in [1.54, 1.807) is 0 Å². The van der Waals surface area contributed by atoms with Crippen LogP contribution in [-0.2, 0) is 5.41 Å². The standard InChI is InChI=1S/C47H48O3Te3/c1-47(38-20-26-41(27-21-38)48-32-11-35-51-44-14-5-2-6-15-44,39-22-28-42(29-23-39)49-33-12-36-52-45-16-7-3-8-17-45)40-24-30-43(31-25-40)50-34-13-37-53-46-18-9-4-10-19-46/h2-10,14-31H,11-13,32-37H2,1H3. The summed E-state index contributed by atoms with van der Waals surface area (Å²) in [4.78, 5) is 0. The molecule has 53 heavy (non-hydrogen) atoms. The van der Waals surface area contributed by atoms with Gasteiger partial charge in [0.05, 0.1) is 0 Å². The van der Waals surface area contributed by atoms with Gasteiger partial charge in [-0.05, 0) is 0 Å². The number of ether oxygens (including phenoxy) is 3. The van der Waals surface area contributed by atoms with Crippen LogP contribution < -0.4 is 25.0 Å². The maximum absolute atomic E-state index is 6.21. The quantitative estimate of drug-likeness (QED) is 0.0411. The van der Waals surface area contributed by atoms with Gasteiger partial charge in [-0.2, -0.15) is 0 Å². The molecule has 0 radical (unpaired) electrons. The summed E-state index contributed by atoms with van der Waals surface area (Å²) in [5, 5.41) is 0. The maximum atomic E-state index is 6.21. The van der Waals surface area contributed by atoms with E-state index in [9.17, 15) is 0 Å². The first-order valence-corrected chi connectivity index (χ1v) is 26.8. The Labute approximate surface area is 347 Å². The van der Waals surface area contributed by atoms with Crippen molar-refractivity contribution in [2.45, 2.75) is 45.0 Å². The van der Waals surface area contributed by atoms with E-state index in [2.05, 4.69) is 171 Å². The average Bonchev–Trinajstić information content (AvgIpc) is 3.22. The van der Waals surface area contributed by atoms with Crippen LogP contribution in [0.3, 0.4) is 0 Å². The SMILES string of the molecule is CC(c1ccc(OCCC[Te]c2ccccc2)cc1)(c1ccc(OCCC[Te]c2ccccc2)cc1)c1ccc(OCCC[Te]c2ccccc2)cc1. The van der Waals surface area contributed by atoms with Crippen molar-refractivity contribution in [3.05, 3.63) is 180 Å². The summed E-state index contributed by atoms with van der Waals surface area (Å²) < 4.78 is 26.9. The van der Waals surface area contributed by atoms with Crippen LogP contribution in [-0.4, -0.2) is 82.6 Å². The topological polar surface area (TPSA) is 27.7 Å². The zero-order chi connectivity index (χ0) is 36.4. The third kappa shape index (κ3) is 12.6. The van der Waals surface area contributed by atoms with Crippen molar-refractivity contribution < 1.29 is 14.2 Å². The van der Waals surface area contributed by atoms with Crippen LogP contribution in [0.25, 0.3) is 0 Å². The van der Waals surface area contributed by atoms with E-state index in [4.69, 9.17) is 14.2 Å². The Morgan fingerprint density at radius 1 is 0.358 bits per heavy atom. The molecule has 3 nitrogen and oxygen atoms in total. The summed E-state index contributed by atoms with van der Waals surface area (Å²) in [6.45, 7) is 4.57. The molecule has 0 saturated heterocycles. The van der Waals surface area contributed by atoms with Crippen LogP contribution >= 0.6 is 0 Å². The molecule has 0 unspecified atom stereocenters. The first kappa shape index (κ1) is 39.8. The van der Waals surface area contributed by atoms with Crippen LogP contribution in [0.4, 0.5) is 0 Å². The Kier molecular flexibility index (Phi) is 16.4. The van der Waals surface area contributed by atoms with Gasteiger partial charge in [-0.1, -0.05) is 0 Å². The van der Waals surface area contributed by atoms with E-state index < -0.39 is 0 Å². The van der Waals surface area contributed by atoms with Crippen molar-refractivity contribution in [3.63, 3.8) is 0 Å². The summed E-state index contributed by atoms with van der Waals surface area (Å²) in [6.07, 6.45) is 3.26. The predicted molar refractivity (Wildman–Crippen MR) is 225 cm³/mol. The van der Waals surface area contributed by atoms with Gasteiger partial charge in [-0.3, -0.25) is 0 Å². The minimum absolute atomic E-state index is 0.149. The molecule has 0 amide bonds. The molecule has 6 rings (SSSR count). The molecule has 272 valence electrons. The Morgan fingerprint density at radius 3 is 0.887 bits per heavy atom.